The lowest BCUT2D eigenvalue weighted by Gasteiger charge is -2.31. The molecule has 0 fully saturated rings. The molecule has 11 nitrogen and oxygen atoms in total. The predicted octanol–water partition coefficient (Wildman–Crippen LogP) is 2.39. The van der Waals surface area contributed by atoms with E-state index in [1.54, 1.807) is 24.3 Å². The maximum absolute atomic E-state index is 13.2. The summed E-state index contributed by atoms with van der Waals surface area (Å²) in [4.78, 5) is 41.8. The van der Waals surface area contributed by atoms with Gasteiger partial charge in [0.1, 0.15) is 5.56 Å². The first-order chi connectivity index (χ1) is 15.9. The molecule has 3 aromatic rings. The molecule has 1 aromatic heterocycles. The SMILES string of the molecule is CCSc1n[n+]2c(c(=O)[nH]1)-c1ccccc1N(C(C)=O)C2c1cc2c(cc1[N+](=O)[O-])OCO2. The van der Waals surface area contributed by atoms with Crippen LogP contribution in [0.5, 0.6) is 11.5 Å². The average Bonchev–Trinajstić information content (AvgIpc) is 3.24. The lowest BCUT2D eigenvalue weighted by molar-refractivity contribution is -0.763. The Hall–Kier alpha value is -3.93. The van der Waals surface area contributed by atoms with Crippen molar-refractivity contribution in [2.45, 2.75) is 25.2 Å². The fraction of sp³-hybridized carbons (Fsp3) is 0.238. The summed E-state index contributed by atoms with van der Waals surface area (Å²) in [7, 11) is 0. The minimum Gasteiger partial charge on any atom is -0.454 e. The number of carbonyl (C=O) groups is 1. The van der Waals surface area contributed by atoms with Gasteiger partial charge in [0, 0.05) is 18.1 Å². The number of hydrogen-bond donors (Lipinski definition) is 1. The first-order valence-corrected chi connectivity index (χ1v) is 11.0. The standard InChI is InChI=1S/C21H17N5O6S/c1-3-33-21-22-19(28)18-12-6-4-5-7-14(12)24(11(2)27)20(25(18)23-21)13-8-16-17(32-10-31-16)9-15(13)26(29)30/h4-9,20H,3,10H2,1-2H3/p+1. The molecule has 2 aliphatic heterocycles. The summed E-state index contributed by atoms with van der Waals surface area (Å²) in [6, 6.07) is 9.63. The van der Waals surface area contributed by atoms with Gasteiger partial charge in [-0.3, -0.25) is 24.7 Å². The zero-order valence-electron chi connectivity index (χ0n) is 17.6. The van der Waals surface area contributed by atoms with E-state index >= 15 is 0 Å². The monoisotopic (exact) mass is 468 g/mol. The first kappa shape index (κ1) is 20.9. The number of nitro benzene ring substituents is 1. The Bertz CT molecular complexity index is 1370. The molecule has 0 bridgehead atoms. The third-order valence-corrected chi connectivity index (χ3v) is 6.12. The Balaban J connectivity index is 1.87. The second-order valence-electron chi connectivity index (χ2n) is 7.29. The quantitative estimate of drug-likeness (QED) is 0.267. The fourth-order valence-electron chi connectivity index (χ4n) is 4.11. The van der Waals surface area contributed by atoms with E-state index in [1.807, 2.05) is 6.92 Å². The highest BCUT2D eigenvalue weighted by atomic mass is 32.2. The molecule has 168 valence electrons. The van der Waals surface area contributed by atoms with Gasteiger partial charge in [-0.15, -0.1) is 0 Å². The van der Waals surface area contributed by atoms with Crippen LogP contribution in [0.2, 0.25) is 0 Å². The van der Waals surface area contributed by atoms with E-state index in [-0.39, 0.29) is 35.4 Å². The first-order valence-electron chi connectivity index (χ1n) is 10.1. The van der Waals surface area contributed by atoms with Crippen molar-refractivity contribution in [2.24, 2.45) is 0 Å². The van der Waals surface area contributed by atoms with E-state index in [0.717, 1.165) is 0 Å². The second-order valence-corrected chi connectivity index (χ2v) is 8.54. The molecule has 12 heteroatoms. The molecule has 1 N–H and O–H groups in total. The van der Waals surface area contributed by atoms with Crippen molar-refractivity contribution in [1.29, 1.82) is 0 Å². The summed E-state index contributed by atoms with van der Waals surface area (Å²) >= 11 is 1.31. The van der Waals surface area contributed by atoms with Crippen molar-refractivity contribution in [3.05, 3.63) is 62.4 Å². The number of fused-ring (bicyclic) bond motifs is 4. The summed E-state index contributed by atoms with van der Waals surface area (Å²) < 4.78 is 12.1. The molecule has 0 aliphatic carbocycles. The Morgan fingerprint density at radius 2 is 2.06 bits per heavy atom. The number of aromatic amines is 1. The highest BCUT2D eigenvalue weighted by Crippen LogP contribution is 2.44. The Kier molecular flexibility index (Phi) is 5.01. The minimum atomic E-state index is -1.10. The summed E-state index contributed by atoms with van der Waals surface area (Å²) in [5.74, 6) is 0.823. The number of amides is 1. The maximum Gasteiger partial charge on any atom is 0.325 e. The fourth-order valence-corrected chi connectivity index (χ4v) is 4.69. The van der Waals surface area contributed by atoms with Crippen molar-refractivity contribution in [3.8, 4) is 22.8 Å². The van der Waals surface area contributed by atoms with Crippen LogP contribution in [0.15, 0.2) is 46.3 Å². The number of carbonyl (C=O) groups excluding carboxylic acids is 1. The number of nitro groups is 1. The van der Waals surface area contributed by atoms with Gasteiger partial charge in [0.25, 0.3) is 11.9 Å². The number of nitrogens with zero attached hydrogens (tertiary/aromatic N) is 4. The van der Waals surface area contributed by atoms with Gasteiger partial charge in [-0.25, -0.2) is 4.90 Å². The van der Waals surface area contributed by atoms with Crippen LogP contribution in [0.25, 0.3) is 11.3 Å². The lowest BCUT2D eigenvalue weighted by atomic mass is 10.00. The molecular weight excluding hydrogens is 450 g/mol. The Morgan fingerprint density at radius 1 is 1.33 bits per heavy atom. The Morgan fingerprint density at radius 3 is 2.76 bits per heavy atom. The van der Waals surface area contributed by atoms with E-state index < -0.39 is 16.6 Å². The number of thioether (sulfide) groups is 1. The van der Waals surface area contributed by atoms with Gasteiger partial charge in [-0.1, -0.05) is 30.8 Å². The van der Waals surface area contributed by atoms with Crippen LogP contribution < -0.4 is 24.6 Å². The van der Waals surface area contributed by atoms with Crippen molar-refractivity contribution < 1.29 is 23.9 Å². The molecule has 0 radical (unpaired) electrons. The van der Waals surface area contributed by atoms with Crippen LogP contribution in [0.1, 0.15) is 25.6 Å². The summed E-state index contributed by atoms with van der Waals surface area (Å²) in [5, 5.41) is 17.0. The van der Waals surface area contributed by atoms with Crippen molar-refractivity contribution in [2.75, 3.05) is 17.4 Å². The number of benzene rings is 2. The van der Waals surface area contributed by atoms with Gasteiger partial charge < -0.3 is 9.47 Å². The summed E-state index contributed by atoms with van der Waals surface area (Å²) in [6.45, 7) is 3.20. The second kappa shape index (κ2) is 7.89. The molecule has 2 aromatic carbocycles. The van der Waals surface area contributed by atoms with Crippen molar-refractivity contribution in [3.63, 3.8) is 0 Å². The van der Waals surface area contributed by atoms with Crippen LogP contribution >= 0.6 is 11.8 Å². The number of para-hydroxylation sites is 1. The van der Waals surface area contributed by atoms with Gasteiger partial charge in [0.2, 0.25) is 17.9 Å². The highest BCUT2D eigenvalue weighted by molar-refractivity contribution is 7.99. The number of rotatable bonds is 4. The number of aromatic nitrogens is 3. The molecule has 0 spiro atoms. The van der Waals surface area contributed by atoms with Gasteiger partial charge >= 0.3 is 11.3 Å². The molecule has 2 aliphatic rings. The molecule has 1 unspecified atom stereocenters. The van der Waals surface area contributed by atoms with Crippen LogP contribution in [-0.2, 0) is 4.79 Å². The van der Waals surface area contributed by atoms with E-state index in [4.69, 9.17) is 9.47 Å². The lowest BCUT2D eigenvalue weighted by Crippen LogP contribution is -2.60. The maximum atomic E-state index is 13.2. The van der Waals surface area contributed by atoms with E-state index in [2.05, 4.69) is 10.1 Å². The third-order valence-electron chi connectivity index (χ3n) is 5.38. The van der Waals surface area contributed by atoms with E-state index in [1.165, 1.54) is 40.4 Å². The van der Waals surface area contributed by atoms with Crippen LogP contribution in [-0.4, -0.2) is 33.5 Å². The molecule has 3 heterocycles. The normalized spacial score (nSPS) is 15.7. The predicted molar refractivity (Wildman–Crippen MR) is 117 cm³/mol. The van der Waals surface area contributed by atoms with Gasteiger partial charge in [-0.05, 0) is 22.6 Å². The van der Waals surface area contributed by atoms with Crippen molar-refractivity contribution in [1.82, 2.24) is 10.1 Å². The molecule has 5 rings (SSSR count). The largest absolute Gasteiger partial charge is 0.454 e. The van der Waals surface area contributed by atoms with Gasteiger partial charge in [0.15, 0.2) is 11.5 Å². The zero-order valence-corrected chi connectivity index (χ0v) is 18.4. The molecule has 0 saturated heterocycles. The number of ether oxygens (including phenoxy) is 2. The summed E-state index contributed by atoms with van der Waals surface area (Å²) in [6.07, 6.45) is -1.10. The van der Waals surface area contributed by atoms with Crippen LogP contribution in [0, 0.1) is 10.1 Å². The Labute approximate surface area is 191 Å². The van der Waals surface area contributed by atoms with E-state index in [0.29, 0.717) is 27.9 Å². The van der Waals surface area contributed by atoms with Crippen LogP contribution in [0.4, 0.5) is 11.4 Å². The molecular formula is C21H18N5O6S+. The zero-order chi connectivity index (χ0) is 23.3. The molecule has 33 heavy (non-hydrogen) atoms. The smallest absolute Gasteiger partial charge is 0.325 e. The number of hydrogen-bond acceptors (Lipinski definition) is 8. The van der Waals surface area contributed by atoms with E-state index in [9.17, 15) is 19.7 Å². The molecule has 0 saturated carbocycles. The third kappa shape index (κ3) is 3.30. The van der Waals surface area contributed by atoms with Gasteiger partial charge in [-0.2, -0.15) is 0 Å². The number of nitrogens with one attached hydrogen (secondary N) is 1. The van der Waals surface area contributed by atoms with Crippen LogP contribution in [0.3, 0.4) is 0 Å². The number of H-pyrrole nitrogens is 1. The number of anilines is 1. The highest BCUT2D eigenvalue weighted by Gasteiger charge is 2.48. The average molecular weight is 468 g/mol. The topological polar surface area (TPSA) is 132 Å². The van der Waals surface area contributed by atoms with Gasteiger partial charge in [0.05, 0.1) is 22.2 Å². The van der Waals surface area contributed by atoms with Crippen molar-refractivity contribution >= 4 is 29.0 Å². The molecule has 1 atom stereocenters. The summed E-state index contributed by atoms with van der Waals surface area (Å²) in [5.41, 5.74) is 0.593. The minimum absolute atomic E-state index is 0.0706. The molecule has 1 amide bonds.